The van der Waals surface area contributed by atoms with Crippen LogP contribution in [0.2, 0.25) is 0 Å². The summed E-state index contributed by atoms with van der Waals surface area (Å²) in [7, 11) is 0. The summed E-state index contributed by atoms with van der Waals surface area (Å²) in [6, 6.07) is 15.4. The molecule has 0 aliphatic heterocycles. The minimum Gasteiger partial charge on any atom is -0.464 e. The standard InChI is InChI=1S/C17H18O3/c1-3-20-17(19)16(18)14-10-9-12(2)15(11-14)13-7-5-4-6-8-13/h4-11,16,18H,3H2,1-2H3. The first-order valence-corrected chi connectivity index (χ1v) is 6.64. The molecule has 1 unspecified atom stereocenters. The molecule has 3 heteroatoms. The summed E-state index contributed by atoms with van der Waals surface area (Å²) in [5, 5.41) is 10.0. The minimum absolute atomic E-state index is 0.257. The monoisotopic (exact) mass is 270 g/mol. The second-order valence-electron chi connectivity index (χ2n) is 4.59. The molecule has 2 rings (SSSR count). The van der Waals surface area contributed by atoms with E-state index in [1.54, 1.807) is 13.0 Å². The van der Waals surface area contributed by atoms with Gasteiger partial charge in [-0.05, 0) is 42.2 Å². The molecule has 0 saturated heterocycles. The lowest BCUT2D eigenvalue weighted by Gasteiger charge is -2.13. The van der Waals surface area contributed by atoms with Gasteiger partial charge < -0.3 is 9.84 Å². The Kier molecular flexibility index (Phi) is 4.53. The predicted molar refractivity (Wildman–Crippen MR) is 78.2 cm³/mol. The normalized spacial score (nSPS) is 11.9. The van der Waals surface area contributed by atoms with Crippen LogP contribution < -0.4 is 0 Å². The SMILES string of the molecule is CCOC(=O)C(O)c1ccc(C)c(-c2ccccc2)c1. The van der Waals surface area contributed by atoms with Gasteiger partial charge in [0.25, 0.3) is 0 Å². The maximum Gasteiger partial charge on any atom is 0.339 e. The molecule has 0 saturated carbocycles. The second-order valence-corrected chi connectivity index (χ2v) is 4.59. The molecule has 0 fully saturated rings. The molecule has 0 spiro atoms. The van der Waals surface area contributed by atoms with Crippen LogP contribution in [0.4, 0.5) is 0 Å². The highest BCUT2D eigenvalue weighted by atomic mass is 16.5. The molecule has 0 radical (unpaired) electrons. The Morgan fingerprint density at radius 3 is 2.55 bits per heavy atom. The average molecular weight is 270 g/mol. The van der Waals surface area contributed by atoms with Crippen LogP contribution in [0.15, 0.2) is 48.5 Å². The quantitative estimate of drug-likeness (QED) is 0.867. The lowest BCUT2D eigenvalue weighted by atomic mass is 9.96. The number of hydrogen-bond donors (Lipinski definition) is 1. The lowest BCUT2D eigenvalue weighted by molar-refractivity contribution is -0.153. The number of aryl methyl sites for hydroxylation is 1. The summed E-state index contributed by atoms with van der Waals surface area (Å²) < 4.78 is 4.84. The molecule has 2 aromatic rings. The molecule has 20 heavy (non-hydrogen) atoms. The summed E-state index contributed by atoms with van der Waals surface area (Å²) in [5.74, 6) is -0.615. The van der Waals surface area contributed by atoms with Crippen LogP contribution in [-0.2, 0) is 9.53 Å². The van der Waals surface area contributed by atoms with Crippen LogP contribution in [-0.4, -0.2) is 17.7 Å². The summed E-state index contributed by atoms with van der Waals surface area (Å²) in [4.78, 5) is 11.6. The van der Waals surface area contributed by atoms with Gasteiger partial charge >= 0.3 is 5.97 Å². The molecule has 2 aromatic carbocycles. The van der Waals surface area contributed by atoms with Crippen molar-refractivity contribution in [3.8, 4) is 11.1 Å². The number of carbonyl (C=O) groups excluding carboxylic acids is 1. The van der Waals surface area contributed by atoms with Gasteiger partial charge in [-0.2, -0.15) is 0 Å². The van der Waals surface area contributed by atoms with E-state index in [0.717, 1.165) is 16.7 Å². The Morgan fingerprint density at radius 2 is 1.90 bits per heavy atom. The van der Waals surface area contributed by atoms with Crippen molar-refractivity contribution in [2.75, 3.05) is 6.61 Å². The van der Waals surface area contributed by atoms with E-state index >= 15 is 0 Å². The number of aliphatic hydroxyl groups excluding tert-OH is 1. The summed E-state index contributed by atoms with van der Waals surface area (Å²) in [5.41, 5.74) is 3.71. The maximum absolute atomic E-state index is 11.6. The fourth-order valence-corrected chi connectivity index (χ4v) is 2.10. The zero-order valence-corrected chi connectivity index (χ0v) is 11.7. The van der Waals surface area contributed by atoms with Crippen molar-refractivity contribution in [1.82, 2.24) is 0 Å². The zero-order chi connectivity index (χ0) is 14.5. The van der Waals surface area contributed by atoms with Gasteiger partial charge in [0, 0.05) is 0 Å². The summed E-state index contributed by atoms with van der Waals surface area (Å²) >= 11 is 0. The van der Waals surface area contributed by atoms with Crippen molar-refractivity contribution >= 4 is 5.97 Å². The average Bonchev–Trinajstić information content (AvgIpc) is 2.48. The molecule has 3 nitrogen and oxygen atoms in total. The molecule has 1 atom stereocenters. The fourth-order valence-electron chi connectivity index (χ4n) is 2.10. The first-order chi connectivity index (χ1) is 9.63. The highest BCUT2D eigenvalue weighted by molar-refractivity contribution is 5.78. The van der Waals surface area contributed by atoms with Gasteiger partial charge in [0.1, 0.15) is 0 Å². The number of benzene rings is 2. The topological polar surface area (TPSA) is 46.5 Å². The lowest BCUT2D eigenvalue weighted by Crippen LogP contribution is -2.15. The molecule has 0 aliphatic rings. The maximum atomic E-state index is 11.6. The number of carbonyl (C=O) groups is 1. The van der Waals surface area contributed by atoms with E-state index in [1.165, 1.54) is 0 Å². The third-order valence-electron chi connectivity index (χ3n) is 3.17. The van der Waals surface area contributed by atoms with Crippen LogP contribution >= 0.6 is 0 Å². The van der Waals surface area contributed by atoms with E-state index in [0.29, 0.717) is 5.56 Å². The first-order valence-electron chi connectivity index (χ1n) is 6.64. The van der Waals surface area contributed by atoms with E-state index < -0.39 is 12.1 Å². The van der Waals surface area contributed by atoms with Crippen molar-refractivity contribution in [2.45, 2.75) is 20.0 Å². The van der Waals surface area contributed by atoms with E-state index in [-0.39, 0.29) is 6.61 Å². The molecular formula is C17H18O3. The Labute approximate surface area is 118 Å². The molecule has 0 aliphatic carbocycles. The van der Waals surface area contributed by atoms with Crippen LogP contribution in [0.25, 0.3) is 11.1 Å². The van der Waals surface area contributed by atoms with Crippen LogP contribution in [0.1, 0.15) is 24.2 Å². The van der Waals surface area contributed by atoms with Gasteiger partial charge in [0.05, 0.1) is 6.61 Å². The van der Waals surface area contributed by atoms with Gasteiger partial charge in [0.2, 0.25) is 0 Å². The number of esters is 1. The van der Waals surface area contributed by atoms with Crippen molar-refractivity contribution in [2.24, 2.45) is 0 Å². The van der Waals surface area contributed by atoms with Crippen LogP contribution in [0.3, 0.4) is 0 Å². The van der Waals surface area contributed by atoms with Gasteiger partial charge in [-0.15, -0.1) is 0 Å². The summed E-state index contributed by atoms with van der Waals surface area (Å²) in [6.45, 7) is 3.98. The molecule has 0 amide bonds. The number of aliphatic hydroxyl groups is 1. The zero-order valence-electron chi connectivity index (χ0n) is 11.7. The van der Waals surface area contributed by atoms with Crippen LogP contribution in [0, 0.1) is 6.92 Å². The Bertz CT molecular complexity index is 590. The molecule has 104 valence electrons. The largest absolute Gasteiger partial charge is 0.464 e. The number of ether oxygens (including phenoxy) is 1. The van der Waals surface area contributed by atoms with Crippen LogP contribution in [0.5, 0.6) is 0 Å². The Balaban J connectivity index is 2.36. The highest BCUT2D eigenvalue weighted by Gasteiger charge is 2.19. The third-order valence-corrected chi connectivity index (χ3v) is 3.17. The summed E-state index contributed by atoms with van der Waals surface area (Å²) in [6.07, 6.45) is -1.24. The third kappa shape index (κ3) is 3.06. The van der Waals surface area contributed by atoms with E-state index in [4.69, 9.17) is 4.74 Å². The van der Waals surface area contributed by atoms with Gasteiger partial charge in [0.15, 0.2) is 6.10 Å². The molecule has 1 N–H and O–H groups in total. The smallest absolute Gasteiger partial charge is 0.339 e. The van der Waals surface area contributed by atoms with E-state index in [9.17, 15) is 9.90 Å². The van der Waals surface area contributed by atoms with Crippen molar-refractivity contribution in [3.63, 3.8) is 0 Å². The van der Waals surface area contributed by atoms with Crippen molar-refractivity contribution in [1.29, 1.82) is 0 Å². The van der Waals surface area contributed by atoms with E-state index in [1.807, 2.05) is 49.4 Å². The van der Waals surface area contributed by atoms with Gasteiger partial charge in [-0.3, -0.25) is 0 Å². The molecule has 0 heterocycles. The van der Waals surface area contributed by atoms with Gasteiger partial charge in [-0.25, -0.2) is 4.79 Å². The minimum atomic E-state index is -1.24. The molecule has 0 bridgehead atoms. The molecule has 0 aromatic heterocycles. The highest BCUT2D eigenvalue weighted by Crippen LogP contribution is 2.27. The number of hydrogen-bond acceptors (Lipinski definition) is 3. The van der Waals surface area contributed by atoms with Crippen molar-refractivity contribution < 1.29 is 14.6 Å². The predicted octanol–water partition coefficient (Wildman–Crippen LogP) is 3.26. The first kappa shape index (κ1) is 14.3. The fraction of sp³-hybridized carbons (Fsp3) is 0.235. The Hall–Kier alpha value is -2.13. The number of rotatable bonds is 4. The Morgan fingerprint density at radius 1 is 1.20 bits per heavy atom. The van der Waals surface area contributed by atoms with Gasteiger partial charge in [-0.1, -0.05) is 42.5 Å². The van der Waals surface area contributed by atoms with E-state index in [2.05, 4.69) is 0 Å². The van der Waals surface area contributed by atoms with Crippen molar-refractivity contribution in [3.05, 3.63) is 59.7 Å². The molecular weight excluding hydrogens is 252 g/mol. The second kappa shape index (κ2) is 6.35.